The number of benzene rings is 3. The number of aromatic nitrogens is 3. The monoisotopic (exact) mass is 543 g/mol. The molecule has 3 aromatic carbocycles. The smallest absolute Gasteiger partial charge is 0.244 e. The van der Waals surface area contributed by atoms with Crippen molar-refractivity contribution in [3.8, 4) is 16.8 Å². The first-order chi connectivity index (χ1) is 18.4. The van der Waals surface area contributed by atoms with Gasteiger partial charge in [-0.1, -0.05) is 66.2 Å². The molecule has 38 heavy (non-hydrogen) atoms. The fourth-order valence-electron chi connectivity index (χ4n) is 5.03. The SMILES string of the molecule is Cc1cccc(-n2cc(-c3ccccc3)c3c(N4CCN(S(=O)(=O)c5ccccc5Cl)CC4)ncnc32)c1. The number of hydrogen-bond acceptors (Lipinski definition) is 5. The molecule has 1 aliphatic heterocycles. The van der Waals surface area contributed by atoms with Crippen LogP contribution in [-0.2, 0) is 10.0 Å². The van der Waals surface area contributed by atoms with Crippen molar-refractivity contribution in [2.24, 2.45) is 0 Å². The molecule has 0 atom stereocenters. The van der Waals surface area contributed by atoms with Crippen LogP contribution in [0.25, 0.3) is 27.8 Å². The average Bonchev–Trinajstić information content (AvgIpc) is 3.34. The molecule has 5 aromatic rings. The van der Waals surface area contributed by atoms with Crippen LogP contribution in [0.2, 0.25) is 5.02 Å². The molecule has 1 aliphatic rings. The summed E-state index contributed by atoms with van der Waals surface area (Å²) in [5, 5.41) is 1.18. The van der Waals surface area contributed by atoms with E-state index in [1.165, 1.54) is 4.31 Å². The second-order valence-corrected chi connectivity index (χ2v) is 11.6. The fourth-order valence-corrected chi connectivity index (χ4v) is 6.95. The Bertz CT molecular complexity index is 1730. The lowest BCUT2D eigenvalue weighted by molar-refractivity contribution is 0.384. The molecule has 2 aromatic heterocycles. The molecular weight excluding hydrogens is 518 g/mol. The Hall–Kier alpha value is -3.72. The van der Waals surface area contributed by atoms with Crippen molar-refractivity contribution >= 4 is 38.5 Å². The highest BCUT2D eigenvalue weighted by molar-refractivity contribution is 7.89. The first-order valence-corrected chi connectivity index (χ1v) is 14.2. The van der Waals surface area contributed by atoms with E-state index in [0.717, 1.165) is 39.2 Å². The Labute approximate surface area is 227 Å². The molecule has 1 saturated heterocycles. The van der Waals surface area contributed by atoms with Crippen LogP contribution in [0, 0.1) is 6.92 Å². The maximum atomic E-state index is 13.3. The van der Waals surface area contributed by atoms with E-state index in [9.17, 15) is 8.42 Å². The van der Waals surface area contributed by atoms with Crippen LogP contribution in [-0.4, -0.2) is 53.4 Å². The number of piperazine rings is 1. The van der Waals surface area contributed by atoms with Crippen LogP contribution >= 0.6 is 11.6 Å². The van der Waals surface area contributed by atoms with Crippen LogP contribution in [0.3, 0.4) is 0 Å². The van der Waals surface area contributed by atoms with Crippen LogP contribution in [0.5, 0.6) is 0 Å². The Morgan fingerprint density at radius 2 is 1.58 bits per heavy atom. The molecule has 6 rings (SSSR count). The number of hydrogen-bond donors (Lipinski definition) is 0. The van der Waals surface area contributed by atoms with Gasteiger partial charge in [-0.25, -0.2) is 18.4 Å². The second-order valence-electron chi connectivity index (χ2n) is 9.34. The van der Waals surface area contributed by atoms with Gasteiger partial charge >= 0.3 is 0 Å². The van der Waals surface area contributed by atoms with Gasteiger partial charge in [-0.3, -0.25) is 0 Å². The van der Waals surface area contributed by atoms with Gasteiger partial charge in [-0.05, 0) is 42.3 Å². The summed E-state index contributed by atoms with van der Waals surface area (Å²) >= 11 is 6.22. The summed E-state index contributed by atoms with van der Waals surface area (Å²) in [7, 11) is -3.69. The average molecular weight is 544 g/mol. The van der Waals surface area contributed by atoms with Gasteiger partial charge in [-0.15, -0.1) is 0 Å². The molecule has 0 bridgehead atoms. The van der Waals surface area contributed by atoms with Crippen LogP contribution in [0.4, 0.5) is 5.82 Å². The van der Waals surface area contributed by atoms with E-state index in [1.807, 2.05) is 24.3 Å². The number of anilines is 1. The molecule has 7 nitrogen and oxygen atoms in total. The molecule has 0 N–H and O–H groups in total. The Morgan fingerprint density at radius 3 is 2.32 bits per heavy atom. The Morgan fingerprint density at radius 1 is 0.842 bits per heavy atom. The van der Waals surface area contributed by atoms with Crippen molar-refractivity contribution in [1.82, 2.24) is 18.8 Å². The summed E-state index contributed by atoms with van der Waals surface area (Å²) < 4.78 is 30.2. The molecular formula is C29H26ClN5O2S. The van der Waals surface area contributed by atoms with E-state index in [4.69, 9.17) is 21.6 Å². The quantitative estimate of drug-likeness (QED) is 0.290. The number of sulfonamides is 1. The van der Waals surface area contributed by atoms with Crippen molar-refractivity contribution in [2.45, 2.75) is 11.8 Å². The molecule has 3 heterocycles. The van der Waals surface area contributed by atoms with Gasteiger partial charge in [0, 0.05) is 43.6 Å². The number of halogens is 1. The third-order valence-electron chi connectivity index (χ3n) is 6.92. The van der Waals surface area contributed by atoms with Gasteiger partial charge in [0.05, 0.1) is 10.4 Å². The van der Waals surface area contributed by atoms with Gasteiger partial charge in [-0.2, -0.15) is 4.31 Å². The van der Waals surface area contributed by atoms with E-state index in [-0.39, 0.29) is 9.92 Å². The van der Waals surface area contributed by atoms with Crippen molar-refractivity contribution < 1.29 is 8.42 Å². The first kappa shape index (κ1) is 24.6. The van der Waals surface area contributed by atoms with Gasteiger partial charge in [0.2, 0.25) is 10.0 Å². The van der Waals surface area contributed by atoms with E-state index in [2.05, 4.69) is 52.9 Å². The van der Waals surface area contributed by atoms with Crippen molar-refractivity contribution in [1.29, 1.82) is 0 Å². The third kappa shape index (κ3) is 4.34. The van der Waals surface area contributed by atoms with Crippen molar-refractivity contribution in [3.63, 3.8) is 0 Å². The second kappa shape index (κ2) is 9.87. The lowest BCUT2D eigenvalue weighted by atomic mass is 10.1. The molecule has 9 heteroatoms. The number of fused-ring (bicyclic) bond motifs is 1. The van der Waals surface area contributed by atoms with Crippen LogP contribution in [0.15, 0.2) is 96.3 Å². The highest BCUT2D eigenvalue weighted by Gasteiger charge is 2.31. The zero-order chi connectivity index (χ0) is 26.3. The minimum atomic E-state index is -3.69. The molecule has 192 valence electrons. The lowest BCUT2D eigenvalue weighted by Crippen LogP contribution is -2.49. The molecule has 0 aliphatic carbocycles. The zero-order valence-corrected chi connectivity index (χ0v) is 22.4. The molecule has 0 spiro atoms. The Balaban J connectivity index is 1.40. The highest BCUT2D eigenvalue weighted by Crippen LogP contribution is 2.37. The normalized spacial score (nSPS) is 14.7. The minimum Gasteiger partial charge on any atom is -0.353 e. The highest BCUT2D eigenvalue weighted by atomic mass is 35.5. The molecule has 0 saturated carbocycles. The number of nitrogens with zero attached hydrogens (tertiary/aromatic N) is 5. The van der Waals surface area contributed by atoms with Crippen molar-refractivity contribution in [2.75, 3.05) is 31.1 Å². The van der Waals surface area contributed by atoms with Crippen LogP contribution < -0.4 is 4.90 Å². The van der Waals surface area contributed by atoms with Gasteiger partial charge in [0.15, 0.2) is 5.65 Å². The molecule has 0 amide bonds. The minimum absolute atomic E-state index is 0.140. The van der Waals surface area contributed by atoms with Crippen molar-refractivity contribution in [3.05, 3.63) is 102 Å². The van der Waals surface area contributed by atoms with Gasteiger partial charge in [0.1, 0.15) is 17.0 Å². The van der Waals surface area contributed by atoms with E-state index >= 15 is 0 Å². The molecule has 1 fully saturated rings. The standard InChI is InChI=1S/C29H26ClN5O2S/c1-21-8-7-11-23(18-21)35-19-24(22-9-3-2-4-10-22)27-28(31-20-32-29(27)35)33-14-16-34(17-15-33)38(36,37)26-13-6-5-12-25(26)30/h2-13,18-20H,14-17H2,1H3. The number of rotatable bonds is 5. The Kier molecular flexibility index (Phi) is 6.39. The fraction of sp³-hybridized carbons (Fsp3) is 0.172. The van der Waals surface area contributed by atoms with Gasteiger partial charge in [0.25, 0.3) is 0 Å². The third-order valence-corrected chi connectivity index (χ3v) is 9.32. The zero-order valence-electron chi connectivity index (χ0n) is 20.8. The topological polar surface area (TPSA) is 71.3 Å². The molecule has 0 radical (unpaired) electrons. The van der Waals surface area contributed by atoms with E-state index in [1.54, 1.807) is 30.6 Å². The predicted octanol–water partition coefficient (Wildman–Crippen LogP) is 5.56. The van der Waals surface area contributed by atoms with Gasteiger partial charge < -0.3 is 9.47 Å². The summed E-state index contributed by atoms with van der Waals surface area (Å²) in [5.41, 5.74) is 5.10. The van der Waals surface area contributed by atoms with E-state index < -0.39 is 10.0 Å². The maximum absolute atomic E-state index is 13.3. The molecule has 0 unspecified atom stereocenters. The summed E-state index contributed by atoms with van der Waals surface area (Å²) in [5.74, 6) is 0.801. The first-order valence-electron chi connectivity index (χ1n) is 12.4. The summed E-state index contributed by atoms with van der Waals surface area (Å²) in [6, 6.07) is 25.1. The summed E-state index contributed by atoms with van der Waals surface area (Å²) in [6.07, 6.45) is 3.71. The number of aryl methyl sites for hydroxylation is 1. The predicted molar refractivity (Wildman–Crippen MR) is 151 cm³/mol. The lowest BCUT2D eigenvalue weighted by Gasteiger charge is -2.35. The van der Waals surface area contributed by atoms with Crippen LogP contribution in [0.1, 0.15) is 5.56 Å². The van der Waals surface area contributed by atoms with E-state index in [0.29, 0.717) is 26.2 Å². The summed E-state index contributed by atoms with van der Waals surface area (Å²) in [4.78, 5) is 11.7. The summed E-state index contributed by atoms with van der Waals surface area (Å²) in [6.45, 7) is 3.74. The maximum Gasteiger partial charge on any atom is 0.244 e. The largest absolute Gasteiger partial charge is 0.353 e.